The van der Waals surface area contributed by atoms with Crippen molar-refractivity contribution in [3.05, 3.63) is 33.9 Å². The maximum atomic E-state index is 13.0. The fraction of sp³-hybridized carbons (Fsp3) is 0.706. The maximum Gasteiger partial charge on any atom is 0.359 e. The molecule has 2 aromatic rings. The molecule has 2 aromatic heterocycles. The first-order valence-corrected chi connectivity index (χ1v) is 20.8. The Kier molecular flexibility index (Phi) is 8.33. The van der Waals surface area contributed by atoms with E-state index in [1.54, 1.807) is 37.7 Å². The van der Waals surface area contributed by atoms with E-state index in [1.807, 2.05) is 6.92 Å². The summed E-state index contributed by atoms with van der Waals surface area (Å²) in [7, 11) is -3.39. The van der Waals surface area contributed by atoms with Gasteiger partial charge in [-0.1, -0.05) is 0 Å². The minimum Gasteiger partial charge on any atom is -0.476 e. The molecule has 4 fully saturated rings. The number of carbonyl (C=O) groups excluding carboxylic acids is 3. The molecule has 2 amide bonds. The molecule has 52 heavy (non-hydrogen) atoms. The van der Waals surface area contributed by atoms with E-state index in [9.17, 15) is 41.1 Å². The van der Waals surface area contributed by atoms with Crippen LogP contribution < -0.4 is 0 Å². The largest absolute Gasteiger partial charge is 0.476 e. The topological polar surface area (TPSA) is 208 Å². The Morgan fingerprint density at radius 2 is 1.10 bits per heavy atom. The Morgan fingerprint density at radius 3 is 1.44 bits per heavy atom. The van der Waals surface area contributed by atoms with Crippen LogP contribution in [-0.2, 0) is 51.3 Å². The van der Waals surface area contributed by atoms with E-state index in [2.05, 4.69) is 10.2 Å². The molecule has 4 heterocycles. The van der Waals surface area contributed by atoms with Crippen LogP contribution in [0.3, 0.4) is 0 Å². The van der Waals surface area contributed by atoms with Gasteiger partial charge in [-0.15, -0.1) is 0 Å². The van der Waals surface area contributed by atoms with Gasteiger partial charge in [-0.2, -0.15) is 10.2 Å². The van der Waals surface area contributed by atoms with Gasteiger partial charge >= 0.3 is 11.9 Å². The van der Waals surface area contributed by atoms with Gasteiger partial charge in [-0.25, -0.2) is 26.4 Å². The van der Waals surface area contributed by atoms with Crippen molar-refractivity contribution in [2.45, 2.75) is 104 Å². The third-order valence-corrected chi connectivity index (χ3v) is 18.9. The molecule has 4 saturated carbocycles. The minimum absolute atomic E-state index is 0.0928. The van der Waals surface area contributed by atoms with Crippen molar-refractivity contribution in [2.24, 2.45) is 14.1 Å². The number of carbonyl (C=O) groups is 4. The number of ether oxygens (including phenoxy) is 1. The van der Waals surface area contributed by atoms with Crippen molar-refractivity contribution in [1.82, 2.24) is 29.4 Å². The van der Waals surface area contributed by atoms with Crippen molar-refractivity contribution in [3.63, 3.8) is 0 Å². The van der Waals surface area contributed by atoms with Crippen LogP contribution >= 0.6 is 0 Å². The van der Waals surface area contributed by atoms with Gasteiger partial charge in [0.1, 0.15) is 11.4 Å². The fourth-order valence-electron chi connectivity index (χ4n) is 7.91. The van der Waals surface area contributed by atoms with Crippen LogP contribution in [-0.4, -0.2) is 127 Å². The van der Waals surface area contributed by atoms with E-state index in [-0.39, 0.29) is 48.6 Å². The van der Waals surface area contributed by atoms with Gasteiger partial charge in [-0.3, -0.25) is 19.0 Å². The summed E-state index contributed by atoms with van der Waals surface area (Å²) < 4.78 is 56.9. The number of sulfone groups is 2. The molecule has 18 heteroatoms. The summed E-state index contributed by atoms with van der Waals surface area (Å²) in [4.78, 5) is 52.5. The van der Waals surface area contributed by atoms with Crippen LogP contribution in [0.5, 0.6) is 0 Å². The number of amides is 2. The number of hydrogen-bond donors (Lipinski definition) is 1. The van der Waals surface area contributed by atoms with E-state index in [0.29, 0.717) is 94.1 Å². The van der Waals surface area contributed by atoms with E-state index >= 15 is 0 Å². The van der Waals surface area contributed by atoms with E-state index < -0.39 is 50.6 Å². The summed E-state index contributed by atoms with van der Waals surface area (Å²) in [5.41, 5.74) is 1.74. The van der Waals surface area contributed by atoms with Crippen molar-refractivity contribution >= 4 is 43.4 Å². The van der Waals surface area contributed by atoms with Crippen LogP contribution in [0, 0.1) is 0 Å². The second-order valence-electron chi connectivity index (χ2n) is 15.9. The number of aryl methyl sites for hydroxylation is 2. The van der Waals surface area contributed by atoms with Crippen LogP contribution in [0.2, 0.25) is 0 Å². The molecule has 0 unspecified atom stereocenters. The molecule has 0 atom stereocenters. The molecule has 0 spiro atoms. The van der Waals surface area contributed by atoms with Gasteiger partial charge in [0, 0.05) is 51.4 Å². The molecule has 16 nitrogen and oxygen atoms in total. The molecule has 1 N–H and O–H groups in total. The second-order valence-corrected chi connectivity index (χ2v) is 21.6. The quantitative estimate of drug-likeness (QED) is 0.325. The average molecular weight is 763 g/mol. The minimum atomic E-state index is -3.28. The molecule has 0 aromatic carbocycles. The summed E-state index contributed by atoms with van der Waals surface area (Å²) in [5.74, 6) is -2.27. The fourth-order valence-corrected chi connectivity index (χ4v) is 13.2. The van der Waals surface area contributed by atoms with E-state index in [0.717, 1.165) is 0 Å². The highest BCUT2D eigenvalue weighted by Crippen LogP contribution is 2.57. The highest BCUT2D eigenvalue weighted by atomic mass is 32.2. The highest BCUT2D eigenvalue weighted by molar-refractivity contribution is 7.95. The second kappa shape index (κ2) is 11.9. The number of carboxylic acids is 1. The van der Waals surface area contributed by atoms with Gasteiger partial charge < -0.3 is 19.6 Å². The van der Waals surface area contributed by atoms with Crippen molar-refractivity contribution in [2.75, 3.05) is 32.8 Å². The number of nitrogens with zero attached hydrogens (tertiary/aromatic N) is 6. The SMILES string of the molecule is CCOC(=O)c1nn(C)c2c1CCN(CC1(S(=O)(=O)C3(C)CC3)CC1)C2=O.Cn1nc(C(=O)O)c2c1C(=O)N(CC1(S(=O)(=O)C3(C)CC3)CC1)CC2. The lowest BCUT2D eigenvalue weighted by atomic mass is 10.0. The number of hydrogen-bond acceptors (Lipinski definition) is 11. The van der Waals surface area contributed by atoms with Crippen LogP contribution in [0.1, 0.15) is 125 Å². The average Bonchev–Trinajstić information content (AvgIpc) is 3.91. The molecular weight excluding hydrogens is 717 g/mol. The predicted molar refractivity (Wildman–Crippen MR) is 186 cm³/mol. The Labute approximate surface area is 302 Å². The summed E-state index contributed by atoms with van der Waals surface area (Å²) in [6.07, 6.45) is 6.06. The third-order valence-electron chi connectivity index (χ3n) is 12.1. The van der Waals surface area contributed by atoms with Crippen LogP contribution in [0.25, 0.3) is 0 Å². The first kappa shape index (κ1) is 36.6. The first-order valence-electron chi connectivity index (χ1n) is 17.9. The molecule has 284 valence electrons. The smallest absolute Gasteiger partial charge is 0.359 e. The molecule has 6 aliphatic rings. The molecule has 0 radical (unpaired) electrons. The van der Waals surface area contributed by atoms with Gasteiger partial charge in [0.2, 0.25) is 0 Å². The standard InChI is InChI=1S/C18H25N3O5S.C16H21N3O5S/c1-4-26-16(23)13-12-5-10-21(15(22)14(12)20(3)19-13)11-18(8-9-18)27(24,25)17(2)6-7-17;1-15(4-5-15)25(23,24)16(6-7-16)9-19-8-3-10-11(14(21)22)17-18(2)12(10)13(19)20/h4-11H2,1-3H3;3-9H2,1-2H3,(H,21,22). The van der Waals surface area contributed by atoms with Gasteiger partial charge in [-0.05, 0) is 85.0 Å². The van der Waals surface area contributed by atoms with Gasteiger partial charge in [0.05, 0.1) is 25.6 Å². The monoisotopic (exact) mass is 762 g/mol. The maximum absolute atomic E-state index is 13.0. The lowest BCUT2D eigenvalue weighted by molar-refractivity contribution is 0.0516. The predicted octanol–water partition coefficient (Wildman–Crippen LogP) is 1.71. The Hall–Kier alpha value is -3.80. The zero-order valence-electron chi connectivity index (χ0n) is 30.2. The third kappa shape index (κ3) is 5.48. The van der Waals surface area contributed by atoms with E-state index in [4.69, 9.17) is 4.74 Å². The number of aromatic carboxylic acids is 1. The highest BCUT2D eigenvalue weighted by Gasteiger charge is 2.67. The number of fused-ring (bicyclic) bond motifs is 2. The van der Waals surface area contributed by atoms with Gasteiger partial charge in [0.15, 0.2) is 31.1 Å². The van der Waals surface area contributed by atoms with Crippen molar-refractivity contribution in [1.29, 1.82) is 0 Å². The van der Waals surface area contributed by atoms with Gasteiger partial charge in [0.25, 0.3) is 11.8 Å². The normalized spacial score (nSPS) is 22.8. The zero-order chi connectivity index (χ0) is 37.8. The number of carboxylic acid groups (broad SMARTS) is 1. The number of rotatable bonds is 11. The molecule has 0 saturated heterocycles. The molecule has 4 aliphatic carbocycles. The lowest BCUT2D eigenvalue weighted by Crippen LogP contribution is -2.48. The number of esters is 1. The summed E-state index contributed by atoms with van der Waals surface area (Å²) in [6.45, 7) is 6.69. The van der Waals surface area contributed by atoms with E-state index in [1.165, 1.54) is 9.36 Å². The lowest BCUT2D eigenvalue weighted by Gasteiger charge is -2.32. The summed E-state index contributed by atoms with van der Waals surface area (Å²) >= 11 is 0. The Bertz CT molecular complexity index is 2120. The Morgan fingerprint density at radius 1 is 0.712 bits per heavy atom. The zero-order valence-corrected chi connectivity index (χ0v) is 31.9. The van der Waals surface area contributed by atoms with Crippen molar-refractivity contribution in [3.8, 4) is 0 Å². The first-order chi connectivity index (χ1) is 24.3. The summed E-state index contributed by atoms with van der Waals surface area (Å²) in [6, 6.07) is 0. The molecule has 0 bridgehead atoms. The molecule has 2 aliphatic heterocycles. The van der Waals surface area contributed by atoms with Crippen LogP contribution in [0.4, 0.5) is 0 Å². The summed E-state index contributed by atoms with van der Waals surface area (Å²) in [5, 5.41) is 17.3. The number of aromatic nitrogens is 4. The molecular formula is C34H46N6O10S2. The Balaban J connectivity index is 0.000000162. The molecule has 8 rings (SSSR count). The van der Waals surface area contributed by atoms with Crippen molar-refractivity contribution < 1.29 is 45.9 Å². The van der Waals surface area contributed by atoms with Crippen LogP contribution in [0.15, 0.2) is 0 Å².